The number of halogens is 2. The number of anilines is 3. The average Bonchev–Trinajstić information content (AvgIpc) is 3.60. The third kappa shape index (κ3) is 13.9. The van der Waals surface area contributed by atoms with E-state index in [1.807, 2.05) is 42.7 Å². The van der Waals surface area contributed by atoms with Crippen LogP contribution in [0.25, 0.3) is 32.3 Å². The summed E-state index contributed by atoms with van der Waals surface area (Å²) in [6, 6.07) is 22.0. The Labute approximate surface area is 449 Å². The molecule has 3 aliphatic carbocycles. The van der Waals surface area contributed by atoms with Gasteiger partial charge < -0.3 is 21.1 Å². The number of aldehydes is 2. The van der Waals surface area contributed by atoms with Gasteiger partial charge in [-0.25, -0.2) is 15.0 Å². The fourth-order valence-corrected chi connectivity index (χ4v) is 12.4. The highest BCUT2D eigenvalue weighted by molar-refractivity contribution is 6.38. The zero-order valence-corrected chi connectivity index (χ0v) is 43.6. The molecule has 2 atom stereocenters. The third-order valence-electron chi connectivity index (χ3n) is 16.4. The summed E-state index contributed by atoms with van der Waals surface area (Å²) in [5, 5.41) is 27.4. The summed E-state index contributed by atoms with van der Waals surface area (Å²) in [7, 11) is 0. The lowest BCUT2D eigenvalue weighted by Crippen LogP contribution is -2.44. The van der Waals surface area contributed by atoms with Crippen LogP contribution in [0, 0.1) is 23.7 Å². The van der Waals surface area contributed by atoms with E-state index in [2.05, 4.69) is 80.8 Å². The van der Waals surface area contributed by atoms with E-state index in [4.69, 9.17) is 23.2 Å². The predicted octanol–water partition coefficient (Wildman–Crippen LogP) is 15.7. The van der Waals surface area contributed by atoms with Gasteiger partial charge in [0.2, 0.25) is 0 Å². The van der Waals surface area contributed by atoms with E-state index in [1.165, 1.54) is 82.6 Å². The molecule has 3 aromatic heterocycles. The average molecular weight is 1050 g/mol. The van der Waals surface area contributed by atoms with Gasteiger partial charge in [0, 0.05) is 93.4 Å². The molecule has 2 bridgehead atoms. The fraction of sp³-hybridized carbons (Fsp3) is 0.508. The number of piperidine rings is 1. The Kier molecular flexibility index (Phi) is 19.7. The Hall–Kier alpha value is -5.36. The lowest BCUT2D eigenvalue weighted by Gasteiger charge is -2.37. The molecule has 0 amide bonds. The van der Waals surface area contributed by atoms with E-state index in [0.29, 0.717) is 51.4 Å². The molecular weight excluding hydrogens is 966 g/mol. The number of nitrogens with zero attached hydrogens (tertiary/aromatic N) is 4. The van der Waals surface area contributed by atoms with Crippen LogP contribution in [0.1, 0.15) is 165 Å². The Balaban J connectivity index is 0.000000166. The van der Waals surface area contributed by atoms with E-state index >= 15 is 0 Å². The first kappa shape index (κ1) is 56.4. The lowest BCUT2D eigenvalue weighted by molar-refractivity contribution is -0.144. The minimum absolute atomic E-state index is 0. The van der Waals surface area contributed by atoms with E-state index in [9.17, 15) is 19.5 Å². The number of carbonyl (C=O) groups excluding carboxylic acids is 2. The molecule has 74 heavy (non-hydrogen) atoms. The molecule has 3 aromatic carbocycles. The van der Waals surface area contributed by atoms with Gasteiger partial charge in [0.15, 0.2) is 0 Å². The van der Waals surface area contributed by atoms with Gasteiger partial charge in [0.1, 0.15) is 30.0 Å². The molecule has 13 heteroatoms. The van der Waals surface area contributed by atoms with Crippen molar-refractivity contribution in [2.75, 3.05) is 16.0 Å². The van der Waals surface area contributed by atoms with Crippen LogP contribution in [0.2, 0.25) is 10.0 Å². The van der Waals surface area contributed by atoms with Crippen molar-refractivity contribution < 1.29 is 19.5 Å². The summed E-state index contributed by atoms with van der Waals surface area (Å²) in [6.45, 7) is 7.83. The Morgan fingerprint density at radius 3 is 1.51 bits per heavy atom. The van der Waals surface area contributed by atoms with Crippen LogP contribution in [0.3, 0.4) is 0 Å². The maximum Gasteiger partial charge on any atom is 0.306 e. The minimum atomic E-state index is -0.630. The molecule has 2 unspecified atom stereocenters. The van der Waals surface area contributed by atoms with Crippen LogP contribution in [0.4, 0.5) is 17.5 Å². The number of benzene rings is 3. The first-order valence-electron chi connectivity index (χ1n) is 26.6. The Bertz CT molecular complexity index is 2840. The maximum absolute atomic E-state index is 11.4. The SMILES string of the molecule is C.C.CC1CCC(Nc2cc3ccc(C=O)cc3cn2)CC1.CC1CCC(Nc2ncc3cc(C=O)ccc3c2Cl)CC1.CC1CCC(Nc2ncc3cc(CN4C5CCC4CC(C(=O)O)C5)ccc3c2Cl)CC1. The molecule has 5 fully saturated rings. The quantitative estimate of drug-likeness (QED) is 0.0919. The van der Waals surface area contributed by atoms with E-state index < -0.39 is 5.97 Å². The van der Waals surface area contributed by atoms with Gasteiger partial charge in [-0.15, -0.1) is 0 Å². The van der Waals surface area contributed by atoms with E-state index in [0.717, 1.165) is 112 Å². The number of hydrogen-bond donors (Lipinski definition) is 4. The van der Waals surface area contributed by atoms with Gasteiger partial charge in [-0.2, -0.15) is 0 Å². The second-order valence-corrected chi connectivity index (χ2v) is 22.6. The molecule has 0 spiro atoms. The van der Waals surface area contributed by atoms with Crippen molar-refractivity contribution in [3.8, 4) is 0 Å². The monoisotopic (exact) mass is 1040 g/mol. The lowest BCUT2D eigenvalue weighted by atomic mass is 9.87. The molecule has 5 heterocycles. The highest BCUT2D eigenvalue weighted by atomic mass is 35.5. The number of rotatable bonds is 11. The molecule has 0 radical (unpaired) electrons. The summed E-state index contributed by atoms with van der Waals surface area (Å²) >= 11 is 13.2. The molecule has 4 N–H and O–H groups in total. The number of fused-ring (bicyclic) bond motifs is 5. The summed E-state index contributed by atoms with van der Waals surface area (Å²) in [6.07, 6.45) is 25.8. The van der Waals surface area contributed by atoms with Crippen molar-refractivity contribution in [1.82, 2.24) is 19.9 Å². The number of aliphatic carboxylic acids is 1. The van der Waals surface area contributed by atoms with Gasteiger partial charge in [-0.3, -0.25) is 19.3 Å². The molecular formula is C61H79Cl2N7O4. The maximum atomic E-state index is 11.4. The molecule has 6 aromatic rings. The van der Waals surface area contributed by atoms with E-state index in [1.54, 1.807) is 12.3 Å². The van der Waals surface area contributed by atoms with Gasteiger partial charge >= 0.3 is 5.97 Å². The summed E-state index contributed by atoms with van der Waals surface area (Å²) in [5.74, 6) is 4.20. The highest BCUT2D eigenvalue weighted by Crippen LogP contribution is 2.41. The first-order chi connectivity index (χ1) is 34.9. The van der Waals surface area contributed by atoms with E-state index in [-0.39, 0.29) is 20.8 Å². The second kappa shape index (κ2) is 25.9. The number of aromatic nitrogens is 3. The van der Waals surface area contributed by atoms with Crippen LogP contribution in [-0.2, 0) is 11.3 Å². The molecule has 11 nitrogen and oxygen atoms in total. The Morgan fingerprint density at radius 2 is 1.01 bits per heavy atom. The van der Waals surface area contributed by atoms with Crippen molar-refractivity contribution in [2.45, 2.75) is 175 Å². The standard InChI is InChI=1S/C25H32ClN3O2.C17H19ClN2O.C17H20N2O.2CH4/c1-15-2-5-19(6-3-15)28-24-23(26)22-9-4-16(10-18(22)13-27-24)14-29-20-7-8-21(29)12-17(11-20)25(30)31;1-11-2-5-14(6-3-11)20-17-16(18)15-7-4-12(10-21)8-13(15)9-19-17;1-12-2-6-16(7-3-12)19-17-9-14-5-4-13(11-20)8-15(14)10-18-17;;/h4,9-10,13,15,17,19-21H,2-3,5-8,11-12,14H2,1H3,(H,27,28)(H,30,31);4,7-11,14H,2-3,5-6H2,1H3,(H,19,20);4-5,8-12,16H,2-3,6-7H2,1H3,(H,18,19);2*1H4. The van der Waals surface area contributed by atoms with Crippen molar-refractivity contribution in [1.29, 1.82) is 0 Å². The fourth-order valence-electron chi connectivity index (χ4n) is 11.9. The topological polar surface area (TPSA) is 149 Å². The van der Waals surface area contributed by atoms with Crippen LogP contribution in [0.5, 0.6) is 0 Å². The smallest absolute Gasteiger partial charge is 0.306 e. The zero-order chi connectivity index (χ0) is 50.3. The molecule has 5 aliphatic rings. The molecule has 11 rings (SSSR count). The number of carboxylic acid groups (broad SMARTS) is 1. The first-order valence-corrected chi connectivity index (χ1v) is 27.4. The number of pyridine rings is 3. The van der Waals surface area contributed by atoms with Crippen molar-refractivity contribution >= 4 is 91.5 Å². The van der Waals surface area contributed by atoms with Crippen LogP contribution in [0.15, 0.2) is 79.3 Å². The number of carbonyl (C=O) groups is 3. The number of hydrogen-bond acceptors (Lipinski definition) is 10. The van der Waals surface area contributed by atoms with Crippen molar-refractivity contribution in [3.05, 3.63) is 106 Å². The van der Waals surface area contributed by atoms with Gasteiger partial charge in [-0.1, -0.05) is 95.2 Å². The third-order valence-corrected chi connectivity index (χ3v) is 17.2. The molecule has 396 valence electrons. The largest absolute Gasteiger partial charge is 0.481 e. The highest BCUT2D eigenvalue weighted by Gasteiger charge is 2.42. The van der Waals surface area contributed by atoms with Crippen molar-refractivity contribution in [2.24, 2.45) is 23.7 Å². The van der Waals surface area contributed by atoms with Crippen LogP contribution in [-0.4, -0.2) is 73.7 Å². The second-order valence-electron chi connectivity index (χ2n) is 21.9. The van der Waals surface area contributed by atoms with Crippen LogP contribution >= 0.6 is 23.2 Å². The number of carboxylic acids is 1. The predicted molar refractivity (Wildman–Crippen MR) is 307 cm³/mol. The Morgan fingerprint density at radius 1 is 0.568 bits per heavy atom. The summed E-state index contributed by atoms with van der Waals surface area (Å²) in [4.78, 5) is 49.1. The summed E-state index contributed by atoms with van der Waals surface area (Å²) in [5.41, 5.74) is 2.58. The molecule has 3 saturated carbocycles. The van der Waals surface area contributed by atoms with Gasteiger partial charge in [0.25, 0.3) is 0 Å². The van der Waals surface area contributed by atoms with Crippen LogP contribution < -0.4 is 16.0 Å². The van der Waals surface area contributed by atoms with Gasteiger partial charge in [-0.05, 0) is 156 Å². The molecule has 2 aliphatic heterocycles. The van der Waals surface area contributed by atoms with Crippen molar-refractivity contribution in [3.63, 3.8) is 0 Å². The summed E-state index contributed by atoms with van der Waals surface area (Å²) < 4.78 is 0. The minimum Gasteiger partial charge on any atom is -0.481 e. The zero-order valence-electron chi connectivity index (χ0n) is 42.1. The molecule has 2 saturated heterocycles. The number of nitrogens with one attached hydrogen (secondary N) is 3. The van der Waals surface area contributed by atoms with Gasteiger partial charge in [0.05, 0.1) is 16.0 Å². The normalized spacial score (nSPS) is 25.4.